The van der Waals surface area contributed by atoms with Crippen LogP contribution >= 0.6 is 27.5 Å². The molecule has 0 saturated heterocycles. The second kappa shape index (κ2) is 5.12. The number of hydrogen-bond donors (Lipinski definition) is 1. The molecule has 6 heteroatoms. The molecule has 2 N–H and O–H groups in total. The highest BCUT2D eigenvalue weighted by molar-refractivity contribution is 9.10. The van der Waals surface area contributed by atoms with Crippen LogP contribution in [0.25, 0.3) is 0 Å². The van der Waals surface area contributed by atoms with Crippen molar-refractivity contribution in [3.63, 3.8) is 0 Å². The molecule has 2 aromatic rings. The zero-order chi connectivity index (χ0) is 13.3. The third-order valence-electron chi connectivity index (χ3n) is 2.17. The molecule has 0 aromatic heterocycles. The van der Waals surface area contributed by atoms with Crippen molar-refractivity contribution < 1.29 is 13.5 Å². The number of rotatable bonds is 2. The summed E-state index contributed by atoms with van der Waals surface area (Å²) in [4.78, 5) is 0. The second-order valence-corrected chi connectivity index (χ2v) is 4.80. The summed E-state index contributed by atoms with van der Waals surface area (Å²) in [6.45, 7) is 0. The maximum absolute atomic E-state index is 13.2. The minimum Gasteiger partial charge on any atom is -0.453 e. The molecule has 0 aliphatic heterocycles. The monoisotopic (exact) mass is 333 g/mol. The first-order valence-electron chi connectivity index (χ1n) is 4.85. The van der Waals surface area contributed by atoms with Gasteiger partial charge in [0.25, 0.3) is 0 Å². The number of nitrogens with two attached hydrogens (primary N) is 1. The molecule has 2 aromatic carbocycles. The van der Waals surface area contributed by atoms with E-state index in [0.717, 1.165) is 10.5 Å². The highest BCUT2D eigenvalue weighted by Crippen LogP contribution is 2.35. The summed E-state index contributed by atoms with van der Waals surface area (Å²) in [5.74, 6) is -1.50. The van der Waals surface area contributed by atoms with E-state index in [1.807, 2.05) is 0 Å². The van der Waals surface area contributed by atoms with E-state index >= 15 is 0 Å². The van der Waals surface area contributed by atoms with Crippen LogP contribution in [0.15, 0.2) is 34.8 Å². The molecular weight excluding hydrogens is 327 g/mol. The Morgan fingerprint density at radius 3 is 2.50 bits per heavy atom. The smallest absolute Gasteiger partial charge is 0.156 e. The molecule has 2 rings (SSSR count). The molecule has 0 heterocycles. The highest BCUT2D eigenvalue weighted by atomic mass is 79.9. The SMILES string of the molecule is Nc1c(F)cc(F)cc1Oc1ccc(Br)cc1Cl. The molecule has 0 amide bonds. The van der Waals surface area contributed by atoms with Gasteiger partial charge in [-0.1, -0.05) is 27.5 Å². The Balaban J connectivity index is 2.40. The average molecular weight is 335 g/mol. The summed E-state index contributed by atoms with van der Waals surface area (Å²) in [6.07, 6.45) is 0. The van der Waals surface area contributed by atoms with Gasteiger partial charge in [-0.15, -0.1) is 0 Å². The van der Waals surface area contributed by atoms with E-state index in [-0.39, 0.29) is 17.2 Å². The minimum atomic E-state index is -0.877. The second-order valence-electron chi connectivity index (χ2n) is 3.48. The number of nitrogen functional groups attached to an aromatic ring is 1. The lowest BCUT2D eigenvalue weighted by Crippen LogP contribution is -1.97. The summed E-state index contributed by atoms with van der Waals surface area (Å²) in [7, 11) is 0. The van der Waals surface area contributed by atoms with E-state index in [1.54, 1.807) is 18.2 Å². The molecule has 0 aliphatic carbocycles. The van der Waals surface area contributed by atoms with Crippen molar-refractivity contribution in [3.05, 3.63) is 51.5 Å². The van der Waals surface area contributed by atoms with Crippen molar-refractivity contribution in [2.24, 2.45) is 0 Å². The molecule has 2 nitrogen and oxygen atoms in total. The Kier molecular flexibility index (Phi) is 3.73. The molecule has 0 radical (unpaired) electrons. The number of anilines is 1. The standard InChI is InChI=1S/C12H7BrClF2NO/c13-6-1-2-10(8(14)3-6)18-11-5-7(15)4-9(16)12(11)17/h1-5H,17H2. The number of hydrogen-bond acceptors (Lipinski definition) is 2. The topological polar surface area (TPSA) is 35.2 Å². The molecule has 0 saturated carbocycles. The van der Waals surface area contributed by atoms with Gasteiger partial charge in [-0.2, -0.15) is 0 Å². The predicted octanol–water partition coefficient (Wildman–Crippen LogP) is 4.76. The van der Waals surface area contributed by atoms with Crippen molar-refractivity contribution in [2.75, 3.05) is 5.73 Å². The van der Waals surface area contributed by atoms with E-state index in [1.165, 1.54) is 0 Å². The molecule has 18 heavy (non-hydrogen) atoms. The lowest BCUT2D eigenvalue weighted by Gasteiger charge is -2.10. The average Bonchev–Trinajstić information content (AvgIpc) is 2.29. The number of halogens is 4. The largest absolute Gasteiger partial charge is 0.453 e. The number of benzene rings is 2. The van der Waals surface area contributed by atoms with Crippen molar-refractivity contribution >= 4 is 33.2 Å². The van der Waals surface area contributed by atoms with Gasteiger partial charge in [-0.05, 0) is 18.2 Å². The lowest BCUT2D eigenvalue weighted by molar-refractivity contribution is 0.472. The van der Waals surface area contributed by atoms with E-state index in [4.69, 9.17) is 22.1 Å². The third-order valence-corrected chi connectivity index (χ3v) is 2.96. The van der Waals surface area contributed by atoms with E-state index in [2.05, 4.69) is 15.9 Å². The molecular formula is C12H7BrClF2NO. The first-order valence-corrected chi connectivity index (χ1v) is 6.02. The van der Waals surface area contributed by atoms with Crippen LogP contribution < -0.4 is 10.5 Å². The fraction of sp³-hybridized carbons (Fsp3) is 0. The number of ether oxygens (including phenoxy) is 1. The quantitative estimate of drug-likeness (QED) is 0.804. The highest BCUT2D eigenvalue weighted by Gasteiger charge is 2.12. The Labute approximate surface area is 115 Å². The first-order chi connectivity index (χ1) is 8.47. The maximum Gasteiger partial charge on any atom is 0.156 e. The minimum absolute atomic E-state index is 0.114. The zero-order valence-corrected chi connectivity index (χ0v) is 11.2. The Morgan fingerprint density at radius 2 is 1.83 bits per heavy atom. The third kappa shape index (κ3) is 2.73. The van der Waals surface area contributed by atoms with Crippen molar-refractivity contribution in [2.45, 2.75) is 0 Å². The van der Waals surface area contributed by atoms with Gasteiger partial charge in [-0.3, -0.25) is 0 Å². The van der Waals surface area contributed by atoms with Gasteiger partial charge in [0.05, 0.1) is 5.02 Å². The summed E-state index contributed by atoms with van der Waals surface area (Å²) in [5.41, 5.74) is 5.19. The summed E-state index contributed by atoms with van der Waals surface area (Å²) in [6, 6.07) is 6.53. The van der Waals surface area contributed by atoms with Crippen molar-refractivity contribution in [1.29, 1.82) is 0 Å². The molecule has 94 valence electrons. The first kappa shape index (κ1) is 13.1. The van der Waals surface area contributed by atoms with Crippen LogP contribution in [0.3, 0.4) is 0 Å². The molecule has 0 fully saturated rings. The van der Waals surface area contributed by atoms with Gasteiger partial charge in [0, 0.05) is 16.6 Å². The van der Waals surface area contributed by atoms with Crippen LogP contribution in [-0.4, -0.2) is 0 Å². The summed E-state index contributed by atoms with van der Waals surface area (Å²) < 4.78 is 32.3. The van der Waals surface area contributed by atoms with Gasteiger partial charge in [0.1, 0.15) is 17.3 Å². The van der Waals surface area contributed by atoms with Gasteiger partial charge in [0.15, 0.2) is 11.6 Å². The maximum atomic E-state index is 13.2. The molecule has 0 spiro atoms. The van der Waals surface area contributed by atoms with Crippen LogP contribution in [0, 0.1) is 11.6 Å². The Morgan fingerprint density at radius 1 is 1.11 bits per heavy atom. The zero-order valence-electron chi connectivity index (χ0n) is 8.88. The van der Waals surface area contributed by atoms with Crippen LogP contribution in [-0.2, 0) is 0 Å². The normalized spacial score (nSPS) is 10.4. The van der Waals surface area contributed by atoms with E-state index in [9.17, 15) is 8.78 Å². The van der Waals surface area contributed by atoms with Crippen molar-refractivity contribution in [1.82, 2.24) is 0 Å². The van der Waals surface area contributed by atoms with Crippen molar-refractivity contribution in [3.8, 4) is 11.5 Å². The molecule has 0 unspecified atom stereocenters. The van der Waals surface area contributed by atoms with Crippen LogP contribution in [0.2, 0.25) is 5.02 Å². The van der Waals surface area contributed by atoms with Gasteiger partial charge in [-0.25, -0.2) is 8.78 Å². The van der Waals surface area contributed by atoms with Crippen LogP contribution in [0.1, 0.15) is 0 Å². The Hall–Kier alpha value is -1.33. The lowest BCUT2D eigenvalue weighted by atomic mass is 10.2. The van der Waals surface area contributed by atoms with E-state index < -0.39 is 11.6 Å². The van der Waals surface area contributed by atoms with Gasteiger partial charge in [0.2, 0.25) is 0 Å². The Bertz CT molecular complexity index is 607. The summed E-state index contributed by atoms with van der Waals surface area (Å²) in [5, 5.41) is 0.299. The summed E-state index contributed by atoms with van der Waals surface area (Å²) >= 11 is 9.16. The van der Waals surface area contributed by atoms with Gasteiger partial charge < -0.3 is 10.5 Å². The fourth-order valence-corrected chi connectivity index (χ4v) is 2.03. The molecule has 0 bridgehead atoms. The predicted molar refractivity (Wildman–Crippen MR) is 70.0 cm³/mol. The molecule has 0 aliphatic rings. The van der Waals surface area contributed by atoms with Crippen LogP contribution in [0.4, 0.5) is 14.5 Å². The molecule has 0 atom stereocenters. The van der Waals surface area contributed by atoms with E-state index in [0.29, 0.717) is 11.1 Å². The van der Waals surface area contributed by atoms with Gasteiger partial charge >= 0.3 is 0 Å². The fourth-order valence-electron chi connectivity index (χ4n) is 1.32. The van der Waals surface area contributed by atoms with Crippen LogP contribution in [0.5, 0.6) is 11.5 Å².